The number of amides is 1. The summed E-state index contributed by atoms with van der Waals surface area (Å²) in [6, 6.07) is 9.70. The lowest BCUT2D eigenvalue weighted by atomic mass is 10.0. The minimum atomic E-state index is -0.727. The summed E-state index contributed by atoms with van der Waals surface area (Å²) in [6.45, 7) is 1.78. The topological polar surface area (TPSA) is 76.9 Å². The second kappa shape index (κ2) is 9.89. The highest BCUT2D eigenvalue weighted by molar-refractivity contribution is 6.32. The van der Waals surface area contributed by atoms with Gasteiger partial charge in [0, 0.05) is 36.9 Å². The molecule has 3 aromatic heterocycles. The van der Waals surface area contributed by atoms with Crippen molar-refractivity contribution < 1.29 is 9.18 Å². The lowest BCUT2D eigenvalue weighted by Gasteiger charge is -2.16. The normalized spacial score (nSPS) is 16.5. The van der Waals surface area contributed by atoms with Crippen LogP contribution < -0.4 is 10.9 Å². The molecule has 0 spiro atoms. The average molecular weight is 558 g/mol. The van der Waals surface area contributed by atoms with E-state index in [2.05, 4.69) is 15.3 Å². The Morgan fingerprint density at radius 1 is 1.11 bits per heavy atom. The number of pyridine rings is 3. The number of rotatable bonds is 5. The maximum Gasteiger partial charge on any atom is 0.274 e. The molecule has 0 aliphatic heterocycles. The molecule has 0 saturated heterocycles. The van der Waals surface area contributed by atoms with Gasteiger partial charge in [-0.05, 0) is 66.6 Å². The number of benzene rings is 1. The molecule has 188 valence electrons. The number of carbonyl (C=O) groups excluding carboxylic acids is 1. The zero-order valence-corrected chi connectivity index (χ0v) is 22.0. The van der Waals surface area contributed by atoms with Gasteiger partial charge in [0.1, 0.15) is 10.8 Å². The van der Waals surface area contributed by atoms with E-state index in [1.807, 2.05) is 12.1 Å². The highest BCUT2D eigenvalue weighted by Gasteiger charge is 2.42. The van der Waals surface area contributed by atoms with Crippen LogP contribution in [0.2, 0.25) is 15.1 Å². The van der Waals surface area contributed by atoms with Gasteiger partial charge in [-0.25, -0.2) is 4.39 Å². The molecule has 1 amide bonds. The van der Waals surface area contributed by atoms with E-state index in [0.717, 1.165) is 17.5 Å². The molecule has 6 nitrogen and oxygen atoms in total. The van der Waals surface area contributed by atoms with Gasteiger partial charge in [-0.15, -0.1) is 0 Å². The zero-order valence-electron chi connectivity index (χ0n) is 19.7. The van der Waals surface area contributed by atoms with Gasteiger partial charge in [-0.1, -0.05) is 40.9 Å². The molecule has 0 bridgehead atoms. The van der Waals surface area contributed by atoms with Gasteiger partial charge in [0.25, 0.3) is 11.5 Å². The van der Waals surface area contributed by atoms with Gasteiger partial charge in [0.2, 0.25) is 0 Å². The number of halogens is 4. The Labute approximate surface area is 227 Å². The Bertz CT molecular complexity index is 1620. The number of hydrogen-bond acceptors (Lipinski definition) is 4. The third-order valence-corrected chi connectivity index (χ3v) is 7.41. The molecule has 3 heterocycles. The van der Waals surface area contributed by atoms with E-state index in [1.54, 1.807) is 25.4 Å². The molecular weight excluding hydrogens is 538 g/mol. The molecule has 1 fully saturated rings. The molecule has 1 aliphatic rings. The van der Waals surface area contributed by atoms with Crippen LogP contribution in [0.1, 0.15) is 45.4 Å². The lowest BCUT2D eigenvalue weighted by molar-refractivity contribution is 0.0959. The van der Waals surface area contributed by atoms with Crippen LogP contribution >= 0.6 is 34.8 Å². The van der Waals surface area contributed by atoms with Crippen LogP contribution in [0.3, 0.4) is 0 Å². The number of hydrogen-bond donors (Lipinski definition) is 1. The van der Waals surface area contributed by atoms with Crippen molar-refractivity contribution in [2.24, 2.45) is 0 Å². The van der Waals surface area contributed by atoms with Gasteiger partial charge in [0.15, 0.2) is 0 Å². The van der Waals surface area contributed by atoms with Crippen LogP contribution in [0.25, 0.3) is 16.9 Å². The van der Waals surface area contributed by atoms with Crippen molar-refractivity contribution in [3.63, 3.8) is 0 Å². The number of aromatic nitrogens is 3. The highest BCUT2D eigenvalue weighted by Crippen LogP contribution is 2.56. The van der Waals surface area contributed by atoms with Crippen LogP contribution in [-0.2, 0) is 0 Å². The fourth-order valence-corrected chi connectivity index (χ4v) is 5.28. The van der Waals surface area contributed by atoms with Crippen LogP contribution in [0, 0.1) is 12.7 Å². The van der Waals surface area contributed by atoms with Gasteiger partial charge in [-0.3, -0.25) is 24.1 Å². The fraction of sp³-hybridized carbons (Fsp3) is 0.185. The number of aryl methyl sites for hydroxylation is 1. The molecule has 5 rings (SSSR count). The first-order valence-corrected chi connectivity index (χ1v) is 12.5. The van der Waals surface area contributed by atoms with Crippen LogP contribution in [0.4, 0.5) is 4.39 Å². The first kappa shape index (κ1) is 25.4. The van der Waals surface area contributed by atoms with Crippen molar-refractivity contribution in [3.05, 3.63) is 109 Å². The number of carbonyl (C=O) groups is 1. The zero-order chi connectivity index (χ0) is 26.4. The Balaban J connectivity index is 1.56. The SMILES string of the molecule is CNC(=O)c1cccc(-c2cc(-n3c(C)cc([C@H]4C[C@@H]4c4cncc(Cl)c4)c(Cl)c3=O)c(Cl)cn2)c1F. The van der Waals surface area contributed by atoms with E-state index in [-0.39, 0.29) is 38.7 Å². The van der Waals surface area contributed by atoms with Crippen molar-refractivity contribution in [2.75, 3.05) is 7.05 Å². The molecule has 0 radical (unpaired) electrons. The Hall–Kier alpha value is -3.26. The Kier molecular flexibility index (Phi) is 6.79. The smallest absolute Gasteiger partial charge is 0.274 e. The van der Waals surface area contributed by atoms with Crippen molar-refractivity contribution >= 4 is 40.7 Å². The minimum Gasteiger partial charge on any atom is -0.355 e. The number of nitrogens with zero attached hydrogens (tertiary/aromatic N) is 3. The van der Waals surface area contributed by atoms with Gasteiger partial charge >= 0.3 is 0 Å². The van der Waals surface area contributed by atoms with Crippen LogP contribution in [-0.4, -0.2) is 27.5 Å². The van der Waals surface area contributed by atoms with E-state index >= 15 is 4.39 Å². The summed E-state index contributed by atoms with van der Waals surface area (Å²) in [4.78, 5) is 33.9. The summed E-state index contributed by atoms with van der Waals surface area (Å²) in [5.41, 5.74) is 2.42. The van der Waals surface area contributed by atoms with Crippen LogP contribution in [0.5, 0.6) is 0 Å². The molecule has 1 N–H and O–H groups in total. The van der Waals surface area contributed by atoms with E-state index < -0.39 is 17.3 Å². The monoisotopic (exact) mass is 556 g/mol. The minimum absolute atomic E-state index is 0.0684. The maximum atomic E-state index is 15.2. The van der Waals surface area contributed by atoms with E-state index in [9.17, 15) is 9.59 Å². The fourth-order valence-electron chi connectivity index (χ4n) is 4.63. The second-order valence-corrected chi connectivity index (χ2v) is 10.1. The van der Waals surface area contributed by atoms with Crippen molar-refractivity contribution in [1.29, 1.82) is 0 Å². The standard InChI is InChI=1S/C27H20Cl3FN4O2/c1-13-6-20(19-8-18(19)14-7-15(28)11-33-10-14)24(30)27(37)35(13)23-9-22(34-12-21(23)29)16-4-3-5-17(25(16)31)26(36)32-2/h3-7,9-12,18-19H,8H2,1-2H3,(H,32,36)/t18-,19+/m1/s1. The molecule has 10 heteroatoms. The summed E-state index contributed by atoms with van der Waals surface area (Å²) in [7, 11) is 1.42. The predicted octanol–water partition coefficient (Wildman–Crippen LogP) is 6.33. The molecule has 2 atom stereocenters. The second-order valence-electron chi connectivity index (χ2n) is 8.85. The number of nitrogens with one attached hydrogen (secondary N) is 1. The Morgan fingerprint density at radius 2 is 1.89 bits per heavy atom. The summed E-state index contributed by atoms with van der Waals surface area (Å²) in [6.07, 6.45) is 5.52. The van der Waals surface area contributed by atoms with Gasteiger partial charge < -0.3 is 5.32 Å². The first-order chi connectivity index (χ1) is 17.7. The largest absolute Gasteiger partial charge is 0.355 e. The molecule has 4 aromatic rings. The molecule has 37 heavy (non-hydrogen) atoms. The van der Waals surface area contributed by atoms with E-state index in [0.29, 0.717) is 16.4 Å². The summed E-state index contributed by atoms with van der Waals surface area (Å²) < 4.78 is 16.6. The summed E-state index contributed by atoms with van der Waals surface area (Å²) >= 11 is 19.1. The molecule has 0 unspecified atom stereocenters. The van der Waals surface area contributed by atoms with E-state index in [4.69, 9.17) is 34.8 Å². The molecule has 1 aromatic carbocycles. The average Bonchev–Trinajstić information content (AvgIpc) is 3.68. The van der Waals surface area contributed by atoms with E-state index in [1.165, 1.54) is 36.0 Å². The van der Waals surface area contributed by atoms with Crippen LogP contribution in [0.15, 0.2) is 59.8 Å². The summed E-state index contributed by atoms with van der Waals surface area (Å²) in [5.74, 6) is -1.05. The van der Waals surface area contributed by atoms with Crippen molar-refractivity contribution in [1.82, 2.24) is 19.9 Å². The lowest BCUT2D eigenvalue weighted by Crippen LogP contribution is -2.23. The third kappa shape index (κ3) is 4.63. The Morgan fingerprint density at radius 3 is 2.62 bits per heavy atom. The molecule has 1 saturated carbocycles. The van der Waals surface area contributed by atoms with Gasteiger partial charge in [0.05, 0.1) is 27.0 Å². The quantitative estimate of drug-likeness (QED) is 0.311. The maximum absolute atomic E-state index is 15.2. The predicted molar refractivity (Wildman–Crippen MR) is 143 cm³/mol. The third-order valence-electron chi connectivity index (χ3n) is 6.53. The summed E-state index contributed by atoms with van der Waals surface area (Å²) in [5, 5.41) is 3.25. The molecular formula is C27H20Cl3FN4O2. The highest BCUT2D eigenvalue weighted by atomic mass is 35.5. The van der Waals surface area contributed by atoms with Crippen molar-refractivity contribution in [2.45, 2.75) is 25.2 Å². The van der Waals surface area contributed by atoms with Crippen molar-refractivity contribution in [3.8, 4) is 16.9 Å². The first-order valence-electron chi connectivity index (χ1n) is 11.4. The van der Waals surface area contributed by atoms with Gasteiger partial charge in [-0.2, -0.15) is 0 Å². The molecule has 1 aliphatic carbocycles.